The second-order valence-electron chi connectivity index (χ2n) is 5.37. The Hall–Kier alpha value is 0. The molecular weight excluding hydrogens is 120 g/mol. The van der Waals surface area contributed by atoms with Crippen molar-refractivity contribution in [3.8, 4) is 0 Å². The Bertz CT molecular complexity index is 220. The average molecular weight is 136 g/mol. The molecule has 0 aliphatic heterocycles. The van der Waals surface area contributed by atoms with E-state index >= 15 is 0 Å². The average Bonchev–Trinajstić information content (AvgIpc) is 2.01. The van der Waals surface area contributed by atoms with Crippen molar-refractivity contribution in [3.05, 3.63) is 0 Å². The summed E-state index contributed by atoms with van der Waals surface area (Å²) in [5, 5.41) is 0. The number of hydrogen-bond donors (Lipinski definition) is 0. The second kappa shape index (κ2) is 1.00. The highest BCUT2D eigenvalue weighted by Gasteiger charge is 2.93. The van der Waals surface area contributed by atoms with Crippen LogP contribution < -0.4 is 0 Å². The lowest BCUT2D eigenvalue weighted by atomic mass is 9.58. The standard InChI is InChI=1S/C10H16/c1-4-10-6-8(2)5-9(10,3)7(8)10/h7H,4-6H2,1-3H3. The molecule has 56 valence electrons. The van der Waals surface area contributed by atoms with Crippen LogP contribution in [0, 0.1) is 22.2 Å². The van der Waals surface area contributed by atoms with Gasteiger partial charge in [-0.2, -0.15) is 0 Å². The van der Waals surface area contributed by atoms with Gasteiger partial charge in [-0.05, 0) is 41.4 Å². The van der Waals surface area contributed by atoms with Crippen molar-refractivity contribution in [3.63, 3.8) is 0 Å². The van der Waals surface area contributed by atoms with Crippen LogP contribution in [0.3, 0.4) is 0 Å². The first-order valence-corrected chi connectivity index (χ1v) is 4.59. The maximum atomic E-state index is 2.51. The zero-order chi connectivity index (χ0) is 7.20. The van der Waals surface area contributed by atoms with Crippen LogP contribution in [0.25, 0.3) is 0 Å². The quantitative estimate of drug-likeness (QED) is 0.520. The molecule has 0 radical (unpaired) electrons. The van der Waals surface area contributed by atoms with Gasteiger partial charge in [0.05, 0.1) is 0 Å². The van der Waals surface area contributed by atoms with Gasteiger partial charge in [0.2, 0.25) is 0 Å². The van der Waals surface area contributed by atoms with Gasteiger partial charge in [-0.3, -0.25) is 0 Å². The fourth-order valence-electron chi connectivity index (χ4n) is 5.16. The predicted molar refractivity (Wildman–Crippen MR) is 41.7 cm³/mol. The van der Waals surface area contributed by atoms with Gasteiger partial charge in [-0.15, -0.1) is 0 Å². The fourth-order valence-corrected chi connectivity index (χ4v) is 5.16. The maximum Gasteiger partial charge on any atom is -0.0199 e. The Labute approximate surface area is 63.0 Å². The first-order valence-electron chi connectivity index (χ1n) is 4.59. The van der Waals surface area contributed by atoms with Gasteiger partial charge in [0.15, 0.2) is 0 Å². The third kappa shape index (κ3) is 0.245. The minimum absolute atomic E-state index is 0.824. The van der Waals surface area contributed by atoms with Gasteiger partial charge < -0.3 is 0 Å². The molecule has 0 N–H and O–H groups in total. The van der Waals surface area contributed by atoms with Crippen LogP contribution in [0.15, 0.2) is 0 Å². The topological polar surface area (TPSA) is 0 Å². The van der Waals surface area contributed by atoms with Crippen LogP contribution in [-0.4, -0.2) is 0 Å². The highest BCUT2D eigenvalue weighted by atomic mass is 15.0. The molecule has 3 saturated carbocycles. The lowest BCUT2D eigenvalue weighted by Gasteiger charge is -2.46. The third-order valence-electron chi connectivity index (χ3n) is 5.06. The molecule has 0 aromatic rings. The Morgan fingerprint density at radius 1 is 1.30 bits per heavy atom. The van der Waals surface area contributed by atoms with Crippen LogP contribution in [0.2, 0.25) is 0 Å². The van der Waals surface area contributed by atoms with Crippen LogP contribution in [0.5, 0.6) is 0 Å². The zero-order valence-corrected chi connectivity index (χ0v) is 7.20. The van der Waals surface area contributed by atoms with Gasteiger partial charge in [0.25, 0.3) is 0 Å². The van der Waals surface area contributed by atoms with Gasteiger partial charge in [-0.1, -0.05) is 20.8 Å². The molecule has 3 rings (SSSR count). The van der Waals surface area contributed by atoms with E-state index in [0.29, 0.717) is 0 Å². The maximum absolute atomic E-state index is 2.51. The monoisotopic (exact) mass is 136 g/mol. The van der Waals surface area contributed by atoms with E-state index in [1.165, 1.54) is 6.42 Å². The van der Waals surface area contributed by atoms with Gasteiger partial charge in [0, 0.05) is 0 Å². The Morgan fingerprint density at radius 2 is 2.00 bits per heavy atom. The van der Waals surface area contributed by atoms with E-state index in [2.05, 4.69) is 20.8 Å². The fraction of sp³-hybridized carbons (Fsp3) is 1.00. The van der Waals surface area contributed by atoms with Crippen molar-refractivity contribution in [2.75, 3.05) is 0 Å². The minimum atomic E-state index is 0.824. The van der Waals surface area contributed by atoms with E-state index in [9.17, 15) is 0 Å². The van der Waals surface area contributed by atoms with Crippen molar-refractivity contribution >= 4 is 0 Å². The second-order valence-corrected chi connectivity index (χ2v) is 5.37. The SMILES string of the molecule is CCC12CC3(C)CC1(C)C32. The van der Waals surface area contributed by atoms with Crippen LogP contribution in [-0.2, 0) is 0 Å². The number of hydrogen-bond acceptors (Lipinski definition) is 0. The minimum Gasteiger partial charge on any atom is -0.0648 e. The van der Waals surface area contributed by atoms with E-state index in [4.69, 9.17) is 0 Å². The molecule has 0 aromatic carbocycles. The first kappa shape index (κ1) is 5.62. The normalized spacial score (nSPS) is 75.3. The molecule has 10 heavy (non-hydrogen) atoms. The molecule has 3 aliphatic rings. The van der Waals surface area contributed by atoms with E-state index in [-0.39, 0.29) is 0 Å². The predicted octanol–water partition coefficient (Wildman–Crippen LogP) is 2.83. The Morgan fingerprint density at radius 3 is 2.10 bits per heavy atom. The lowest BCUT2D eigenvalue weighted by molar-refractivity contribution is 0.0286. The molecule has 3 aliphatic carbocycles. The summed E-state index contributed by atoms with van der Waals surface area (Å²) in [5.41, 5.74) is 2.52. The molecule has 4 unspecified atom stereocenters. The van der Waals surface area contributed by atoms with Crippen LogP contribution >= 0.6 is 0 Å². The summed E-state index contributed by atoms with van der Waals surface area (Å²) in [6.07, 6.45) is 4.54. The van der Waals surface area contributed by atoms with Crippen molar-refractivity contribution in [1.29, 1.82) is 0 Å². The summed E-state index contributed by atoms with van der Waals surface area (Å²) in [5.74, 6) is 1.15. The summed E-state index contributed by atoms with van der Waals surface area (Å²) in [6, 6.07) is 0. The van der Waals surface area contributed by atoms with Crippen molar-refractivity contribution in [1.82, 2.24) is 0 Å². The largest absolute Gasteiger partial charge is 0.0648 e. The molecule has 4 atom stereocenters. The molecular formula is C10H16. The number of rotatable bonds is 1. The van der Waals surface area contributed by atoms with Gasteiger partial charge >= 0.3 is 0 Å². The highest BCUT2D eigenvalue weighted by Crippen LogP contribution is 2.99. The van der Waals surface area contributed by atoms with Gasteiger partial charge in [0.1, 0.15) is 0 Å². The van der Waals surface area contributed by atoms with Gasteiger partial charge in [-0.25, -0.2) is 0 Å². The summed E-state index contributed by atoms with van der Waals surface area (Å²) in [6.45, 7) is 7.37. The molecule has 3 fully saturated rings. The van der Waals surface area contributed by atoms with E-state index in [1.54, 1.807) is 12.8 Å². The molecule has 0 amide bonds. The van der Waals surface area contributed by atoms with E-state index < -0.39 is 0 Å². The van der Waals surface area contributed by atoms with E-state index in [0.717, 1.165) is 22.2 Å². The van der Waals surface area contributed by atoms with Crippen LogP contribution in [0.4, 0.5) is 0 Å². The number of fused-ring (bicyclic) bond motifs is 1. The van der Waals surface area contributed by atoms with E-state index in [1.807, 2.05) is 0 Å². The molecule has 0 bridgehead atoms. The molecule has 0 spiro atoms. The lowest BCUT2D eigenvalue weighted by Crippen LogP contribution is -2.38. The molecule has 0 heterocycles. The summed E-state index contributed by atoms with van der Waals surface area (Å²) >= 11 is 0. The highest BCUT2D eigenvalue weighted by molar-refractivity contribution is 5.41. The first-order chi connectivity index (χ1) is 4.59. The van der Waals surface area contributed by atoms with Crippen LogP contribution in [0.1, 0.15) is 40.0 Å². The molecule has 0 nitrogen and oxygen atoms in total. The summed E-state index contributed by atoms with van der Waals surface area (Å²) < 4.78 is 0. The Balaban J connectivity index is 2.02. The molecule has 0 saturated heterocycles. The third-order valence-corrected chi connectivity index (χ3v) is 5.06. The molecule has 0 heteroatoms. The molecule has 0 aromatic heterocycles. The summed E-state index contributed by atoms with van der Waals surface area (Å²) in [4.78, 5) is 0. The van der Waals surface area contributed by atoms with Crippen molar-refractivity contribution in [2.45, 2.75) is 40.0 Å². The smallest absolute Gasteiger partial charge is 0.0199 e. The summed E-state index contributed by atoms with van der Waals surface area (Å²) in [7, 11) is 0. The Kier molecular flexibility index (Phi) is 0.562. The van der Waals surface area contributed by atoms with Crippen molar-refractivity contribution < 1.29 is 0 Å². The van der Waals surface area contributed by atoms with Crippen molar-refractivity contribution in [2.24, 2.45) is 22.2 Å². The zero-order valence-electron chi connectivity index (χ0n) is 7.20.